The average Bonchev–Trinajstić information content (AvgIpc) is 2.55. The van der Waals surface area contributed by atoms with Gasteiger partial charge >= 0.3 is 0 Å². The van der Waals surface area contributed by atoms with Crippen molar-refractivity contribution in [3.8, 4) is 0 Å². The van der Waals surface area contributed by atoms with Crippen LogP contribution in [-0.2, 0) is 17.8 Å². The van der Waals surface area contributed by atoms with Crippen molar-refractivity contribution >= 4 is 0 Å². The smallest absolute Gasteiger partial charge is 0.0598 e. The topological polar surface area (TPSA) is 12.5 Å². The molecular weight excluding hydrogens is 306 g/mol. The molecule has 2 aromatic rings. The minimum absolute atomic E-state index is 0.0525. The van der Waals surface area contributed by atoms with E-state index in [0.29, 0.717) is 0 Å². The number of nitrogens with zero attached hydrogens (tertiary/aromatic N) is 1. The predicted octanol–water partition coefficient (Wildman–Crippen LogP) is 5.67. The van der Waals surface area contributed by atoms with E-state index in [4.69, 9.17) is 4.74 Å². The van der Waals surface area contributed by atoms with Gasteiger partial charge in [-0.3, -0.25) is 4.90 Å². The number of benzene rings is 2. The Morgan fingerprint density at radius 1 is 0.720 bits per heavy atom. The molecule has 2 rings (SSSR count). The van der Waals surface area contributed by atoms with Crippen molar-refractivity contribution in [3.63, 3.8) is 0 Å². The van der Waals surface area contributed by atoms with Gasteiger partial charge in [0.15, 0.2) is 0 Å². The number of hydrogen-bond acceptors (Lipinski definition) is 2. The quantitative estimate of drug-likeness (QED) is 0.614. The molecule has 0 unspecified atom stereocenters. The SMILES string of the molecule is CC(C)(C)OCCC(C)(C)N(Cc1ccccc1)Cc1ccccc1. The maximum atomic E-state index is 5.99. The second-order valence-electron chi connectivity index (χ2n) is 8.35. The van der Waals surface area contributed by atoms with Gasteiger partial charge in [0.1, 0.15) is 0 Å². The molecule has 2 nitrogen and oxygen atoms in total. The fourth-order valence-corrected chi connectivity index (χ4v) is 2.86. The summed E-state index contributed by atoms with van der Waals surface area (Å²) in [6.45, 7) is 13.7. The summed E-state index contributed by atoms with van der Waals surface area (Å²) < 4.78 is 5.99. The van der Waals surface area contributed by atoms with Crippen molar-refractivity contribution in [2.75, 3.05) is 6.61 Å². The average molecular weight is 340 g/mol. The van der Waals surface area contributed by atoms with Crippen LogP contribution >= 0.6 is 0 Å². The van der Waals surface area contributed by atoms with Gasteiger partial charge in [-0.1, -0.05) is 60.7 Å². The summed E-state index contributed by atoms with van der Waals surface area (Å²) in [7, 11) is 0. The van der Waals surface area contributed by atoms with Gasteiger partial charge in [-0.2, -0.15) is 0 Å². The van der Waals surface area contributed by atoms with Crippen LogP contribution in [0, 0.1) is 0 Å². The third-order valence-electron chi connectivity index (χ3n) is 4.54. The van der Waals surface area contributed by atoms with Gasteiger partial charge in [-0.25, -0.2) is 0 Å². The van der Waals surface area contributed by atoms with Crippen molar-refractivity contribution in [2.45, 2.75) is 65.3 Å². The van der Waals surface area contributed by atoms with Gasteiger partial charge in [-0.05, 0) is 52.2 Å². The lowest BCUT2D eigenvalue weighted by Gasteiger charge is -2.39. The van der Waals surface area contributed by atoms with E-state index in [1.807, 2.05) is 0 Å². The van der Waals surface area contributed by atoms with Gasteiger partial charge in [0.25, 0.3) is 0 Å². The highest BCUT2D eigenvalue weighted by atomic mass is 16.5. The molecule has 0 aliphatic rings. The van der Waals surface area contributed by atoms with Crippen molar-refractivity contribution in [3.05, 3.63) is 71.8 Å². The van der Waals surface area contributed by atoms with E-state index in [9.17, 15) is 0 Å². The molecule has 0 aliphatic heterocycles. The minimum atomic E-state index is -0.0836. The summed E-state index contributed by atoms with van der Waals surface area (Å²) in [5.74, 6) is 0. The molecule has 0 fully saturated rings. The molecule has 0 aromatic heterocycles. The fraction of sp³-hybridized carbons (Fsp3) is 0.478. The highest BCUT2D eigenvalue weighted by molar-refractivity contribution is 5.17. The maximum absolute atomic E-state index is 5.99. The first-order valence-electron chi connectivity index (χ1n) is 9.23. The molecule has 0 saturated heterocycles. The first-order chi connectivity index (χ1) is 11.8. The van der Waals surface area contributed by atoms with E-state index in [2.05, 4.69) is 100 Å². The molecule has 2 aromatic carbocycles. The largest absolute Gasteiger partial charge is 0.376 e. The van der Waals surface area contributed by atoms with E-state index >= 15 is 0 Å². The van der Waals surface area contributed by atoms with Gasteiger partial charge in [0.05, 0.1) is 5.60 Å². The molecule has 0 heterocycles. The minimum Gasteiger partial charge on any atom is -0.376 e. The Bertz CT molecular complexity index is 572. The second-order valence-corrected chi connectivity index (χ2v) is 8.35. The Balaban J connectivity index is 2.11. The Hall–Kier alpha value is -1.64. The molecular formula is C23H33NO. The lowest BCUT2D eigenvalue weighted by Crippen LogP contribution is -2.44. The summed E-state index contributed by atoms with van der Waals surface area (Å²) >= 11 is 0. The zero-order chi connectivity index (χ0) is 18.3. The molecule has 0 atom stereocenters. The third-order valence-corrected chi connectivity index (χ3v) is 4.54. The number of hydrogen-bond donors (Lipinski definition) is 0. The van der Waals surface area contributed by atoms with Crippen LogP contribution < -0.4 is 0 Å². The molecule has 2 heteroatoms. The summed E-state index contributed by atoms with van der Waals surface area (Å²) in [5.41, 5.74) is 2.67. The van der Waals surface area contributed by atoms with Crippen LogP contribution in [0.5, 0.6) is 0 Å². The Morgan fingerprint density at radius 2 is 1.16 bits per heavy atom. The number of ether oxygens (including phenoxy) is 1. The fourth-order valence-electron chi connectivity index (χ4n) is 2.86. The van der Waals surface area contributed by atoms with Gasteiger partial charge < -0.3 is 4.74 Å². The van der Waals surface area contributed by atoms with Crippen LogP contribution in [0.1, 0.15) is 52.2 Å². The maximum Gasteiger partial charge on any atom is 0.0598 e. The molecule has 0 amide bonds. The Kier molecular flexibility index (Phi) is 6.80. The van der Waals surface area contributed by atoms with E-state index in [1.54, 1.807) is 0 Å². The summed E-state index contributed by atoms with van der Waals surface area (Å²) in [6.07, 6.45) is 1.00. The van der Waals surface area contributed by atoms with E-state index in [-0.39, 0.29) is 11.1 Å². The van der Waals surface area contributed by atoms with Crippen molar-refractivity contribution in [1.29, 1.82) is 0 Å². The lowest BCUT2D eigenvalue weighted by atomic mass is 9.96. The molecule has 136 valence electrons. The van der Waals surface area contributed by atoms with E-state index in [1.165, 1.54) is 11.1 Å². The van der Waals surface area contributed by atoms with Crippen LogP contribution in [0.25, 0.3) is 0 Å². The molecule has 0 saturated carbocycles. The van der Waals surface area contributed by atoms with Crippen molar-refractivity contribution < 1.29 is 4.74 Å². The summed E-state index contributed by atoms with van der Waals surface area (Å²) in [5, 5.41) is 0. The van der Waals surface area contributed by atoms with Crippen molar-refractivity contribution in [2.24, 2.45) is 0 Å². The van der Waals surface area contributed by atoms with Gasteiger partial charge in [-0.15, -0.1) is 0 Å². The van der Waals surface area contributed by atoms with Crippen LogP contribution in [0.2, 0.25) is 0 Å². The van der Waals surface area contributed by atoms with Crippen molar-refractivity contribution in [1.82, 2.24) is 4.90 Å². The van der Waals surface area contributed by atoms with Crippen LogP contribution in [0.3, 0.4) is 0 Å². The molecule has 0 aliphatic carbocycles. The summed E-state index contributed by atoms with van der Waals surface area (Å²) in [4.78, 5) is 2.56. The Morgan fingerprint density at radius 3 is 1.56 bits per heavy atom. The molecule has 0 spiro atoms. The molecule has 0 radical (unpaired) electrons. The predicted molar refractivity (Wildman–Crippen MR) is 107 cm³/mol. The zero-order valence-electron chi connectivity index (χ0n) is 16.5. The molecule has 0 bridgehead atoms. The first kappa shape index (κ1) is 19.7. The highest BCUT2D eigenvalue weighted by Gasteiger charge is 2.27. The molecule has 25 heavy (non-hydrogen) atoms. The van der Waals surface area contributed by atoms with E-state index < -0.39 is 0 Å². The highest BCUT2D eigenvalue weighted by Crippen LogP contribution is 2.25. The lowest BCUT2D eigenvalue weighted by molar-refractivity contribution is -0.0270. The van der Waals surface area contributed by atoms with Crippen LogP contribution in [-0.4, -0.2) is 22.6 Å². The van der Waals surface area contributed by atoms with Crippen LogP contribution in [0.15, 0.2) is 60.7 Å². The zero-order valence-corrected chi connectivity index (χ0v) is 16.5. The standard InChI is InChI=1S/C23H33NO/c1-22(2,3)25-17-16-23(4,5)24(18-20-12-8-6-9-13-20)19-21-14-10-7-11-15-21/h6-15H,16-19H2,1-5H3. The summed E-state index contributed by atoms with van der Waals surface area (Å²) in [6, 6.07) is 21.5. The third kappa shape index (κ3) is 7.01. The van der Waals surface area contributed by atoms with Gasteiger partial charge in [0.2, 0.25) is 0 Å². The first-order valence-corrected chi connectivity index (χ1v) is 9.23. The van der Waals surface area contributed by atoms with Crippen LogP contribution in [0.4, 0.5) is 0 Å². The van der Waals surface area contributed by atoms with Gasteiger partial charge in [0, 0.05) is 25.2 Å². The normalized spacial score (nSPS) is 12.6. The second kappa shape index (κ2) is 8.64. The van der Waals surface area contributed by atoms with E-state index in [0.717, 1.165) is 26.1 Å². The number of rotatable bonds is 8. The Labute approximate surface area is 153 Å². The monoisotopic (exact) mass is 339 g/mol. The molecule has 0 N–H and O–H groups in total.